The summed E-state index contributed by atoms with van der Waals surface area (Å²) in [4.78, 5) is 0. The maximum Gasteiger partial charge on any atom is 0.0198 e. The summed E-state index contributed by atoms with van der Waals surface area (Å²) in [5, 5.41) is 3.38. The Morgan fingerprint density at radius 1 is 1.20 bits per heavy atom. The van der Waals surface area contributed by atoms with Crippen molar-refractivity contribution in [3.05, 3.63) is 24.3 Å². The molecule has 1 saturated heterocycles. The van der Waals surface area contributed by atoms with Crippen molar-refractivity contribution >= 4 is 0 Å². The summed E-state index contributed by atoms with van der Waals surface area (Å²) in [6.45, 7) is 2.31. The zero-order valence-electron chi connectivity index (χ0n) is 6.14. The molecule has 0 aromatic carbocycles. The molecule has 0 aromatic rings. The lowest BCUT2D eigenvalue weighted by molar-refractivity contribution is 0.543. The monoisotopic (exact) mass is 135 g/mol. The van der Waals surface area contributed by atoms with Gasteiger partial charge >= 0.3 is 0 Å². The van der Waals surface area contributed by atoms with Gasteiger partial charge in [0.05, 0.1) is 0 Å². The van der Waals surface area contributed by atoms with Crippen LogP contribution < -0.4 is 5.32 Å². The molecule has 0 amide bonds. The molecule has 2 aliphatic rings. The van der Waals surface area contributed by atoms with Crippen LogP contribution in [0.3, 0.4) is 0 Å². The Labute approximate surface area is 61.8 Å². The molecule has 1 fully saturated rings. The van der Waals surface area contributed by atoms with E-state index in [-0.39, 0.29) is 0 Å². The van der Waals surface area contributed by atoms with Crippen LogP contribution in [0.1, 0.15) is 12.8 Å². The minimum Gasteiger partial charge on any atom is -0.316 e. The summed E-state index contributed by atoms with van der Waals surface area (Å²) in [5.41, 5.74) is 0.401. The molecule has 1 heterocycles. The minimum absolute atomic E-state index is 0.401. The van der Waals surface area contributed by atoms with Gasteiger partial charge in [-0.2, -0.15) is 0 Å². The number of rotatable bonds is 0. The van der Waals surface area contributed by atoms with Gasteiger partial charge < -0.3 is 5.32 Å². The molecule has 54 valence electrons. The van der Waals surface area contributed by atoms with E-state index in [0.29, 0.717) is 5.41 Å². The van der Waals surface area contributed by atoms with Gasteiger partial charge in [-0.25, -0.2) is 0 Å². The van der Waals surface area contributed by atoms with Gasteiger partial charge in [-0.05, 0) is 19.4 Å². The quantitative estimate of drug-likeness (QED) is 0.496. The predicted octanol–water partition coefficient (Wildman–Crippen LogP) is 1.48. The van der Waals surface area contributed by atoms with Crippen molar-refractivity contribution in [3.63, 3.8) is 0 Å². The topological polar surface area (TPSA) is 12.0 Å². The van der Waals surface area contributed by atoms with E-state index in [1.54, 1.807) is 0 Å². The van der Waals surface area contributed by atoms with E-state index >= 15 is 0 Å². The zero-order valence-corrected chi connectivity index (χ0v) is 6.14. The average molecular weight is 135 g/mol. The molecule has 1 heteroatoms. The van der Waals surface area contributed by atoms with E-state index in [0.717, 1.165) is 13.0 Å². The fourth-order valence-corrected chi connectivity index (χ4v) is 1.75. The second kappa shape index (κ2) is 2.24. The van der Waals surface area contributed by atoms with Crippen LogP contribution in [0.2, 0.25) is 0 Å². The van der Waals surface area contributed by atoms with E-state index in [2.05, 4.69) is 29.6 Å². The van der Waals surface area contributed by atoms with Gasteiger partial charge in [0.2, 0.25) is 0 Å². The zero-order chi connectivity index (χ0) is 6.86. The number of hydrogen-bond donors (Lipinski definition) is 1. The Morgan fingerprint density at radius 3 is 2.60 bits per heavy atom. The lowest BCUT2D eigenvalue weighted by Crippen LogP contribution is -2.19. The van der Waals surface area contributed by atoms with Crippen LogP contribution in [0, 0.1) is 5.41 Å². The van der Waals surface area contributed by atoms with Gasteiger partial charge in [-0.1, -0.05) is 24.3 Å². The molecule has 1 N–H and O–H groups in total. The number of allylic oxidation sites excluding steroid dienone is 2. The highest BCUT2D eigenvalue weighted by Gasteiger charge is 2.28. The molecule has 2 rings (SSSR count). The molecule has 1 aliphatic heterocycles. The summed E-state index contributed by atoms with van der Waals surface area (Å²) in [6.07, 6.45) is 11.7. The van der Waals surface area contributed by atoms with E-state index in [4.69, 9.17) is 0 Å². The third kappa shape index (κ3) is 0.907. The second-order valence-corrected chi connectivity index (χ2v) is 3.20. The largest absolute Gasteiger partial charge is 0.316 e. The maximum atomic E-state index is 3.38. The Morgan fingerprint density at radius 2 is 2.00 bits per heavy atom. The van der Waals surface area contributed by atoms with Crippen LogP contribution in [-0.2, 0) is 0 Å². The maximum absolute atomic E-state index is 3.38. The first-order valence-electron chi connectivity index (χ1n) is 3.97. The normalized spacial score (nSPS) is 28.0. The fraction of sp³-hybridized carbons (Fsp3) is 0.556. The minimum atomic E-state index is 0.401. The van der Waals surface area contributed by atoms with Gasteiger partial charge in [0, 0.05) is 12.0 Å². The van der Waals surface area contributed by atoms with Crippen LogP contribution in [0.5, 0.6) is 0 Å². The van der Waals surface area contributed by atoms with Gasteiger partial charge in [0.25, 0.3) is 0 Å². The van der Waals surface area contributed by atoms with Gasteiger partial charge in [0.1, 0.15) is 0 Å². The summed E-state index contributed by atoms with van der Waals surface area (Å²) in [5.74, 6) is 0. The standard InChI is InChI=1S/C9H13N/c1-2-4-9(5-3-1)6-7-10-8-9/h2-5,10H,1,6-8H2. The molecular formula is C9H13N. The Bertz CT molecular complexity index is 159. The van der Waals surface area contributed by atoms with Gasteiger partial charge in [0.15, 0.2) is 0 Å². The lowest BCUT2D eigenvalue weighted by atomic mass is 9.84. The van der Waals surface area contributed by atoms with Crippen molar-refractivity contribution in [3.8, 4) is 0 Å². The van der Waals surface area contributed by atoms with Crippen LogP contribution in [0.25, 0.3) is 0 Å². The predicted molar refractivity (Wildman–Crippen MR) is 42.8 cm³/mol. The number of nitrogens with one attached hydrogen (secondary N) is 1. The third-order valence-corrected chi connectivity index (χ3v) is 2.39. The smallest absolute Gasteiger partial charge is 0.0198 e. The third-order valence-electron chi connectivity index (χ3n) is 2.39. The van der Waals surface area contributed by atoms with Crippen molar-refractivity contribution in [1.29, 1.82) is 0 Å². The Balaban J connectivity index is 2.19. The van der Waals surface area contributed by atoms with Crippen molar-refractivity contribution < 1.29 is 0 Å². The first-order chi connectivity index (χ1) is 4.91. The van der Waals surface area contributed by atoms with Crippen molar-refractivity contribution in [2.75, 3.05) is 13.1 Å². The molecule has 0 saturated carbocycles. The van der Waals surface area contributed by atoms with Crippen LogP contribution in [0.4, 0.5) is 0 Å². The summed E-state index contributed by atoms with van der Waals surface area (Å²) in [6, 6.07) is 0. The Hall–Kier alpha value is -0.560. The Kier molecular flexibility index (Phi) is 1.38. The van der Waals surface area contributed by atoms with Crippen LogP contribution in [0.15, 0.2) is 24.3 Å². The summed E-state index contributed by atoms with van der Waals surface area (Å²) in [7, 11) is 0. The molecule has 0 radical (unpaired) electrons. The average Bonchev–Trinajstić information content (AvgIpc) is 2.39. The molecular weight excluding hydrogens is 122 g/mol. The van der Waals surface area contributed by atoms with Crippen molar-refractivity contribution in [2.45, 2.75) is 12.8 Å². The van der Waals surface area contributed by atoms with Crippen LogP contribution >= 0.6 is 0 Å². The SMILES string of the molecule is C1=CC2(C=CC1)CCNC2. The molecule has 0 aromatic heterocycles. The summed E-state index contributed by atoms with van der Waals surface area (Å²) >= 11 is 0. The highest BCUT2D eigenvalue weighted by Crippen LogP contribution is 2.31. The van der Waals surface area contributed by atoms with Crippen molar-refractivity contribution in [1.82, 2.24) is 5.32 Å². The highest BCUT2D eigenvalue weighted by atomic mass is 14.9. The summed E-state index contributed by atoms with van der Waals surface area (Å²) < 4.78 is 0. The van der Waals surface area contributed by atoms with Gasteiger partial charge in [-0.3, -0.25) is 0 Å². The fourth-order valence-electron chi connectivity index (χ4n) is 1.75. The first-order valence-corrected chi connectivity index (χ1v) is 3.97. The second-order valence-electron chi connectivity index (χ2n) is 3.20. The van der Waals surface area contributed by atoms with Gasteiger partial charge in [-0.15, -0.1) is 0 Å². The molecule has 10 heavy (non-hydrogen) atoms. The van der Waals surface area contributed by atoms with E-state index in [1.807, 2.05) is 0 Å². The molecule has 0 atom stereocenters. The molecule has 0 unspecified atom stereocenters. The first kappa shape index (κ1) is 6.17. The van der Waals surface area contributed by atoms with E-state index in [1.165, 1.54) is 13.0 Å². The molecule has 1 aliphatic carbocycles. The van der Waals surface area contributed by atoms with Crippen LogP contribution in [-0.4, -0.2) is 13.1 Å². The lowest BCUT2D eigenvalue weighted by Gasteiger charge is -2.21. The molecule has 1 spiro atoms. The number of hydrogen-bond acceptors (Lipinski definition) is 1. The molecule has 1 nitrogen and oxygen atoms in total. The van der Waals surface area contributed by atoms with E-state index in [9.17, 15) is 0 Å². The van der Waals surface area contributed by atoms with Crippen molar-refractivity contribution in [2.24, 2.45) is 5.41 Å². The highest BCUT2D eigenvalue weighted by molar-refractivity contribution is 5.20. The molecule has 0 bridgehead atoms. The van der Waals surface area contributed by atoms with E-state index < -0.39 is 0 Å².